The van der Waals surface area contributed by atoms with Crippen LogP contribution in [0.3, 0.4) is 0 Å². The minimum atomic E-state index is -0.487. The van der Waals surface area contributed by atoms with Crippen molar-refractivity contribution in [2.75, 3.05) is 26.0 Å². The highest BCUT2D eigenvalue weighted by Crippen LogP contribution is 2.20. The number of benzene rings is 1. The van der Waals surface area contributed by atoms with Crippen LogP contribution in [0.2, 0.25) is 0 Å². The van der Waals surface area contributed by atoms with Crippen molar-refractivity contribution in [3.05, 3.63) is 49.8 Å². The fraction of sp³-hybridized carbons (Fsp3) is 0.286. The second-order valence-corrected chi connectivity index (χ2v) is 6.33. The van der Waals surface area contributed by atoms with E-state index in [-0.39, 0.29) is 11.6 Å². The van der Waals surface area contributed by atoms with Gasteiger partial charge in [0.2, 0.25) is 0 Å². The molecule has 0 radical (unpaired) electrons. The number of likely N-dealkylation sites (N-methyl/N-ethyl adjacent to an activating group) is 1. The minimum absolute atomic E-state index is 0.0394. The Kier molecular flexibility index (Phi) is 5.66. The van der Waals surface area contributed by atoms with Gasteiger partial charge in [0.15, 0.2) is 0 Å². The average molecular weight is 429 g/mol. The molecule has 0 saturated heterocycles. The van der Waals surface area contributed by atoms with E-state index in [1.54, 1.807) is 17.1 Å². The zero-order valence-corrected chi connectivity index (χ0v) is 14.9. The number of nitro groups is 1. The number of aromatic nitrogens is 2. The number of nitrogens with zero attached hydrogens (tertiary/aromatic N) is 4. The predicted molar refractivity (Wildman–Crippen MR) is 94.5 cm³/mol. The molecule has 1 heterocycles. The molecule has 0 unspecified atom stereocenters. The summed E-state index contributed by atoms with van der Waals surface area (Å²) in [6, 6.07) is 4.14. The number of nitro benzene ring substituents is 1. The summed E-state index contributed by atoms with van der Waals surface area (Å²) in [5.74, 6) is -0.323. The molecule has 0 fully saturated rings. The van der Waals surface area contributed by atoms with Crippen LogP contribution in [-0.4, -0.2) is 46.2 Å². The van der Waals surface area contributed by atoms with Crippen molar-refractivity contribution in [2.45, 2.75) is 6.54 Å². The Balaban J connectivity index is 2.06. The molecule has 23 heavy (non-hydrogen) atoms. The zero-order valence-electron chi connectivity index (χ0n) is 12.7. The van der Waals surface area contributed by atoms with Crippen LogP contribution < -0.4 is 5.32 Å². The zero-order chi connectivity index (χ0) is 17.0. The standard InChI is InChI=1S/C14H16IN5O3/c1-18(2)5-6-19-9-10(8-16-19)17-14(21)12-4-3-11(20(22)23)7-13(12)15/h3-4,7-9H,5-6H2,1-2H3,(H,17,21). The third-order valence-electron chi connectivity index (χ3n) is 3.08. The molecule has 0 spiro atoms. The number of non-ortho nitro benzene ring substituents is 1. The molecule has 122 valence electrons. The molecule has 1 aromatic heterocycles. The van der Waals surface area contributed by atoms with Crippen molar-refractivity contribution in [2.24, 2.45) is 0 Å². The van der Waals surface area contributed by atoms with Crippen molar-refractivity contribution in [1.82, 2.24) is 14.7 Å². The molecule has 0 bridgehead atoms. The van der Waals surface area contributed by atoms with E-state index >= 15 is 0 Å². The molecule has 2 rings (SSSR count). The van der Waals surface area contributed by atoms with Gasteiger partial charge in [-0.05, 0) is 42.8 Å². The Morgan fingerprint density at radius 3 is 2.83 bits per heavy atom. The maximum Gasteiger partial charge on any atom is 0.270 e. The first-order valence-electron chi connectivity index (χ1n) is 6.79. The summed E-state index contributed by atoms with van der Waals surface area (Å²) in [5, 5.41) is 17.6. The van der Waals surface area contributed by atoms with Crippen LogP contribution in [0.1, 0.15) is 10.4 Å². The van der Waals surface area contributed by atoms with Gasteiger partial charge in [-0.25, -0.2) is 0 Å². The number of hydrogen-bond donors (Lipinski definition) is 1. The van der Waals surface area contributed by atoms with Gasteiger partial charge in [-0.3, -0.25) is 19.6 Å². The highest BCUT2D eigenvalue weighted by molar-refractivity contribution is 14.1. The van der Waals surface area contributed by atoms with Crippen molar-refractivity contribution in [3.8, 4) is 0 Å². The number of anilines is 1. The number of halogens is 1. The van der Waals surface area contributed by atoms with Gasteiger partial charge in [0.05, 0.1) is 28.9 Å². The molecular weight excluding hydrogens is 413 g/mol. The van der Waals surface area contributed by atoms with E-state index < -0.39 is 4.92 Å². The maximum absolute atomic E-state index is 12.3. The van der Waals surface area contributed by atoms with Gasteiger partial charge < -0.3 is 10.2 Å². The van der Waals surface area contributed by atoms with E-state index in [1.807, 2.05) is 41.6 Å². The first-order valence-corrected chi connectivity index (χ1v) is 7.87. The van der Waals surface area contributed by atoms with Crippen molar-refractivity contribution in [3.63, 3.8) is 0 Å². The molecular formula is C14H16IN5O3. The summed E-state index contributed by atoms with van der Waals surface area (Å²) in [4.78, 5) is 24.5. The van der Waals surface area contributed by atoms with Crippen LogP contribution in [0.25, 0.3) is 0 Å². The van der Waals surface area contributed by atoms with Crippen molar-refractivity contribution < 1.29 is 9.72 Å². The second kappa shape index (κ2) is 7.51. The van der Waals surface area contributed by atoms with Crippen LogP contribution in [0.4, 0.5) is 11.4 Å². The Morgan fingerprint density at radius 2 is 2.22 bits per heavy atom. The first-order chi connectivity index (χ1) is 10.9. The number of carbonyl (C=O) groups excluding carboxylic acids is 1. The summed E-state index contributed by atoms with van der Waals surface area (Å²) in [6.07, 6.45) is 3.32. The Hall–Kier alpha value is -2.01. The summed E-state index contributed by atoms with van der Waals surface area (Å²) >= 11 is 1.91. The molecule has 0 atom stereocenters. The van der Waals surface area contributed by atoms with Crippen LogP contribution in [0.15, 0.2) is 30.6 Å². The Bertz CT molecular complexity index is 729. The third-order valence-corrected chi connectivity index (χ3v) is 3.97. The molecule has 0 aliphatic heterocycles. The monoisotopic (exact) mass is 429 g/mol. The SMILES string of the molecule is CN(C)CCn1cc(NC(=O)c2ccc([N+](=O)[O-])cc2I)cn1. The second-order valence-electron chi connectivity index (χ2n) is 5.17. The molecule has 1 N–H and O–H groups in total. The summed E-state index contributed by atoms with van der Waals surface area (Å²) in [6.45, 7) is 1.56. The lowest BCUT2D eigenvalue weighted by molar-refractivity contribution is -0.384. The molecule has 1 amide bonds. The number of rotatable bonds is 6. The van der Waals surface area contributed by atoms with E-state index in [0.29, 0.717) is 14.8 Å². The summed E-state index contributed by atoms with van der Waals surface area (Å²) < 4.78 is 2.27. The largest absolute Gasteiger partial charge is 0.319 e. The quantitative estimate of drug-likeness (QED) is 0.432. The molecule has 0 saturated carbocycles. The van der Waals surface area contributed by atoms with Crippen LogP contribution in [-0.2, 0) is 6.54 Å². The highest BCUT2D eigenvalue weighted by Gasteiger charge is 2.15. The number of hydrogen-bond acceptors (Lipinski definition) is 5. The normalized spacial score (nSPS) is 10.8. The fourth-order valence-corrected chi connectivity index (χ4v) is 2.60. The van der Waals surface area contributed by atoms with Crippen LogP contribution in [0, 0.1) is 13.7 Å². The highest BCUT2D eigenvalue weighted by atomic mass is 127. The van der Waals surface area contributed by atoms with Gasteiger partial charge in [-0.15, -0.1) is 0 Å². The van der Waals surface area contributed by atoms with E-state index in [9.17, 15) is 14.9 Å². The smallest absolute Gasteiger partial charge is 0.270 e. The minimum Gasteiger partial charge on any atom is -0.319 e. The van der Waals surface area contributed by atoms with Gasteiger partial charge >= 0.3 is 0 Å². The van der Waals surface area contributed by atoms with Crippen molar-refractivity contribution in [1.29, 1.82) is 0 Å². The van der Waals surface area contributed by atoms with E-state index in [1.165, 1.54) is 18.2 Å². The predicted octanol–water partition coefficient (Wildman–Crippen LogP) is 2.21. The maximum atomic E-state index is 12.3. The lowest BCUT2D eigenvalue weighted by atomic mass is 10.2. The van der Waals surface area contributed by atoms with E-state index in [4.69, 9.17) is 0 Å². The third kappa shape index (κ3) is 4.73. The Labute approximate surface area is 146 Å². The molecule has 0 aliphatic rings. The van der Waals surface area contributed by atoms with E-state index in [0.717, 1.165) is 13.1 Å². The van der Waals surface area contributed by atoms with E-state index in [2.05, 4.69) is 10.4 Å². The lowest BCUT2D eigenvalue weighted by Gasteiger charge is -2.08. The van der Waals surface area contributed by atoms with Gasteiger partial charge in [0.1, 0.15) is 0 Å². The molecule has 9 heteroatoms. The van der Waals surface area contributed by atoms with Crippen LogP contribution >= 0.6 is 22.6 Å². The molecule has 8 nitrogen and oxygen atoms in total. The number of amides is 1. The lowest BCUT2D eigenvalue weighted by Crippen LogP contribution is -2.18. The topological polar surface area (TPSA) is 93.3 Å². The van der Waals surface area contributed by atoms with Gasteiger partial charge in [-0.2, -0.15) is 5.10 Å². The molecule has 0 aliphatic carbocycles. The Morgan fingerprint density at radius 1 is 1.48 bits per heavy atom. The number of carbonyl (C=O) groups is 1. The molecule has 2 aromatic rings. The first kappa shape index (κ1) is 17.3. The van der Waals surface area contributed by atoms with Gasteiger partial charge in [0, 0.05) is 28.4 Å². The fourth-order valence-electron chi connectivity index (χ4n) is 1.85. The number of nitrogens with one attached hydrogen (secondary N) is 1. The van der Waals surface area contributed by atoms with Crippen LogP contribution in [0.5, 0.6) is 0 Å². The van der Waals surface area contributed by atoms with Gasteiger partial charge in [0.25, 0.3) is 11.6 Å². The van der Waals surface area contributed by atoms with Crippen molar-refractivity contribution >= 4 is 39.9 Å². The van der Waals surface area contributed by atoms with Gasteiger partial charge in [-0.1, -0.05) is 0 Å². The summed E-state index contributed by atoms with van der Waals surface area (Å²) in [5.41, 5.74) is 0.933. The average Bonchev–Trinajstić information content (AvgIpc) is 2.92. The molecule has 1 aromatic carbocycles. The summed E-state index contributed by atoms with van der Waals surface area (Å²) in [7, 11) is 3.95.